The molecule has 0 radical (unpaired) electrons. The van der Waals surface area contributed by atoms with Crippen molar-refractivity contribution in [3.8, 4) is 0 Å². The zero-order chi connectivity index (χ0) is 11.0. The van der Waals surface area contributed by atoms with Gasteiger partial charge in [0, 0.05) is 6.20 Å². The van der Waals surface area contributed by atoms with Gasteiger partial charge in [0.15, 0.2) is 0 Å². The maximum absolute atomic E-state index is 12.2. The van der Waals surface area contributed by atoms with Crippen molar-refractivity contribution in [3.05, 3.63) is 12.4 Å². The van der Waals surface area contributed by atoms with Crippen LogP contribution in [0.25, 0.3) is 0 Å². The van der Waals surface area contributed by atoms with Crippen molar-refractivity contribution in [3.63, 3.8) is 0 Å². The van der Waals surface area contributed by atoms with Crippen LogP contribution in [0.5, 0.6) is 0 Å². The number of nitrogens with zero attached hydrogens (tertiary/aromatic N) is 2. The van der Waals surface area contributed by atoms with Gasteiger partial charge in [-0.2, -0.15) is 26.7 Å². The fraction of sp³-hybridized carbons (Fsp3) is 0.400. The van der Waals surface area contributed by atoms with Crippen molar-refractivity contribution >= 4 is 10.2 Å². The first-order valence-electron chi connectivity index (χ1n) is 3.22. The van der Waals surface area contributed by atoms with Gasteiger partial charge in [-0.3, -0.25) is 4.68 Å². The second-order valence-corrected chi connectivity index (χ2v) is 3.77. The highest BCUT2D eigenvalue weighted by Crippen LogP contribution is 2.18. The molecule has 1 heterocycles. The predicted molar refractivity (Wildman–Crippen MR) is 36.6 cm³/mol. The first-order valence-corrected chi connectivity index (χ1v) is 4.61. The van der Waals surface area contributed by atoms with E-state index >= 15 is 0 Å². The van der Waals surface area contributed by atoms with E-state index in [4.69, 9.17) is 0 Å². The third-order valence-corrected chi connectivity index (χ3v) is 2.01. The topological polar surface area (TPSA) is 52.0 Å². The molecular weight excluding hydrogens is 228 g/mol. The molecule has 1 aromatic heterocycles. The number of hydrogen-bond donors (Lipinski definition) is 0. The molecule has 1 aromatic rings. The monoisotopic (exact) mass is 232 g/mol. The van der Waals surface area contributed by atoms with Gasteiger partial charge in [-0.1, -0.05) is 0 Å². The molecule has 0 aromatic carbocycles. The number of alkyl halides is 3. The molecule has 4 nitrogen and oxygen atoms in total. The first-order chi connectivity index (χ1) is 6.18. The molecule has 0 bridgehead atoms. The summed E-state index contributed by atoms with van der Waals surface area (Å²) in [4.78, 5) is -0.887. The van der Waals surface area contributed by atoms with Gasteiger partial charge in [0.2, 0.25) is 0 Å². The van der Waals surface area contributed by atoms with E-state index in [0.717, 1.165) is 0 Å². The van der Waals surface area contributed by atoms with Crippen molar-refractivity contribution < 1.29 is 25.5 Å². The summed E-state index contributed by atoms with van der Waals surface area (Å²) in [5.41, 5.74) is 0. The highest BCUT2D eigenvalue weighted by molar-refractivity contribution is 7.86. The molecule has 1 rings (SSSR count). The van der Waals surface area contributed by atoms with Gasteiger partial charge >= 0.3 is 16.4 Å². The fourth-order valence-corrected chi connectivity index (χ4v) is 1.16. The standard InChI is InChI=1S/C5H4F4N2O2S/c6-5(7,8)3-11-2-4(1-10-11)14(9,12)13/h1-2H,3H2. The smallest absolute Gasteiger partial charge is 0.262 e. The van der Waals surface area contributed by atoms with Crippen molar-refractivity contribution in [1.29, 1.82) is 0 Å². The molecule has 14 heavy (non-hydrogen) atoms. The third-order valence-electron chi connectivity index (χ3n) is 1.23. The minimum Gasteiger partial charge on any atom is -0.262 e. The lowest BCUT2D eigenvalue weighted by Gasteiger charge is -2.04. The Morgan fingerprint density at radius 1 is 1.43 bits per heavy atom. The quantitative estimate of drug-likeness (QED) is 0.566. The Bertz CT molecular complexity index is 421. The molecule has 0 aliphatic heterocycles. The number of hydrogen-bond acceptors (Lipinski definition) is 3. The molecule has 9 heteroatoms. The van der Waals surface area contributed by atoms with Gasteiger partial charge in [0.05, 0.1) is 6.20 Å². The van der Waals surface area contributed by atoms with E-state index in [1.54, 1.807) is 0 Å². The van der Waals surface area contributed by atoms with Gasteiger partial charge in [-0.15, -0.1) is 3.89 Å². The Hall–Kier alpha value is -1.12. The zero-order valence-electron chi connectivity index (χ0n) is 6.49. The SMILES string of the molecule is O=S(=O)(F)c1cnn(CC(F)(F)F)c1. The van der Waals surface area contributed by atoms with Gasteiger partial charge in [-0.05, 0) is 0 Å². The van der Waals surface area contributed by atoms with E-state index in [1.807, 2.05) is 0 Å². The van der Waals surface area contributed by atoms with E-state index in [1.165, 1.54) is 0 Å². The highest BCUT2D eigenvalue weighted by atomic mass is 32.3. The fourth-order valence-electron chi connectivity index (χ4n) is 0.741. The summed E-state index contributed by atoms with van der Waals surface area (Å²) in [5.74, 6) is 0. The summed E-state index contributed by atoms with van der Waals surface area (Å²) >= 11 is 0. The second kappa shape index (κ2) is 3.23. The summed E-state index contributed by atoms with van der Waals surface area (Å²) in [5, 5.41) is 3.05. The maximum atomic E-state index is 12.2. The van der Waals surface area contributed by atoms with Crippen molar-refractivity contribution in [1.82, 2.24) is 9.78 Å². The molecule has 0 fully saturated rings. The van der Waals surface area contributed by atoms with Crippen LogP contribution in [0.4, 0.5) is 17.1 Å². The van der Waals surface area contributed by atoms with Crippen molar-refractivity contribution in [2.45, 2.75) is 17.6 Å². The lowest BCUT2D eigenvalue weighted by Crippen LogP contribution is -2.17. The van der Waals surface area contributed by atoms with Gasteiger partial charge in [0.25, 0.3) is 0 Å². The molecule has 0 atom stereocenters. The van der Waals surface area contributed by atoms with Gasteiger partial charge in [0.1, 0.15) is 11.4 Å². The Labute approximate surface area is 76.4 Å². The molecule has 0 aliphatic rings. The summed E-state index contributed by atoms with van der Waals surface area (Å²) in [6.07, 6.45) is -3.53. The number of aromatic nitrogens is 2. The van der Waals surface area contributed by atoms with Crippen LogP contribution < -0.4 is 0 Å². The van der Waals surface area contributed by atoms with E-state index in [0.29, 0.717) is 17.1 Å². The molecule has 0 saturated carbocycles. The average Bonchev–Trinajstić information content (AvgIpc) is 2.29. The molecule has 0 saturated heterocycles. The molecular formula is C5H4F4N2O2S. The van der Waals surface area contributed by atoms with Crippen molar-refractivity contribution in [2.75, 3.05) is 0 Å². The summed E-state index contributed by atoms with van der Waals surface area (Å²) in [7, 11) is -4.99. The minimum atomic E-state index is -4.99. The third kappa shape index (κ3) is 2.98. The Morgan fingerprint density at radius 2 is 2.00 bits per heavy atom. The number of halogens is 4. The summed E-state index contributed by atoms with van der Waals surface area (Å²) < 4.78 is 68.2. The van der Waals surface area contributed by atoms with Crippen LogP contribution in [0, 0.1) is 0 Å². The maximum Gasteiger partial charge on any atom is 0.408 e. The first kappa shape index (κ1) is 11.0. The molecule has 0 amide bonds. The van der Waals surface area contributed by atoms with Crippen molar-refractivity contribution in [2.24, 2.45) is 0 Å². The normalized spacial score (nSPS) is 13.1. The average molecular weight is 232 g/mol. The predicted octanol–water partition coefficient (Wildman–Crippen LogP) is 1.10. The lowest BCUT2D eigenvalue weighted by atomic mass is 10.6. The van der Waals surface area contributed by atoms with E-state index in [9.17, 15) is 25.5 Å². The van der Waals surface area contributed by atoms with Crippen LogP contribution in [0.3, 0.4) is 0 Å². The highest BCUT2D eigenvalue weighted by Gasteiger charge is 2.29. The van der Waals surface area contributed by atoms with Crippen LogP contribution in [-0.2, 0) is 16.8 Å². The van der Waals surface area contributed by atoms with E-state index in [-0.39, 0.29) is 0 Å². The molecule has 0 N–H and O–H groups in total. The van der Waals surface area contributed by atoms with Crippen LogP contribution in [0.2, 0.25) is 0 Å². The molecule has 0 aliphatic carbocycles. The van der Waals surface area contributed by atoms with Crippen LogP contribution in [0.15, 0.2) is 17.3 Å². The molecule has 0 unspecified atom stereocenters. The summed E-state index contributed by atoms with van der Waals surface area (Å²) in [6, 6.07) is 0. The molecule has 80 valence electrons. The number of rotatable bonds is 2. The van der Waals surface area contributed by atoms with Crippen LogP contribution in [-0.4, -0.2) is 24.4 Å². The minimum absolute atomic E-state index is 0.298. The largest absolute Gasteiger partial charge is 0.408 e. The van der Waals surface area contributed by atoms with Gasteiger partial charge < -0.3 is 0 Å². The van der Waals surface area contributed by atoms with Gasteiger partial charge in [-0.25, -0.2) is 0 Å². The summed E-state index contributed by atoms with van der Waals surface area (Å²) in [6.45, 7) is -1.46. The van der Waals surface area contributed by atoms with Crippen LogP contribution >= 0.6 is 0 Å². The Balaban J connectivity index is 2.90. The molecule has 0 spiro atoms. The van der Waals surface area contributed by atoms with E-state index in [2.05, 4.69) is 5.10 Å². The van der Waals surface area contributed by atoms with E-state index < -0.39 is 27.8 Å². The second-order valence-electron chi connectivity index (χ2n) is 2.43. The van der Waals surface area contributed by atoms with Crippen LogP contribution in [0.1, 0.15) is 0 Å². The Kier molecular flexibility index (Phi) is 2.52. The lowest BCUT2D eigenvalue weighted by molar-refractivity contribution is -0.142. The Morgan fingerprint density at radius 3 is 2.36 bits per heavy atom. The zero-order valence-corrected chi connectivity index (χ0v) is 7.31.